The number of hydrogen-bond donors (Lipinski definition) is 2. The molecule has 1 unspecified atom stereocenters. The first kappa shape index (κ1) is 13.7. The predicted molar refractivity (Wildman–Crippen MR) is 71.0 cm³/mol. The van der Waals surface area contributed by atoms with Crippen molar-refractivity contribution in [1.82, 2.24) is 10.6 Å². The molecule has 3 heteroatoms. The second kappa shape index (κ2) is 7.85. The highest BCUT2D eigenvalue weighted by molar-refractivity contribution is 5.75. The van der Waals surface area contributed by atoms with Crippen molar-refractivity contribution >= 4 is 5.91 Å². The second-order valence-electron chi connectivity index (χ2n) is 4.22. The molecule has 0 aliphatic carbocycles. The van der Waals surface area contributed by atoms with Crippen LogP contribution in [0.1, 0.15) is 31.7 Å². The summed E-state index contributed by atoms with van der Waals surface area (Å²) in [5.41, 5.74) is 1.33. The van der Waals surface area contributed by atoms with Crippen LogP contribution in [0.3, 0.4) is 0 Å². The van der Waals surface area contributed by atoms with Crippen molar-refractivity contribution in [2.24, 2.45) is 0 Å². The molecule has 1 rings (SSSR count). The van der Waals surface area contributed by atoms with Crippen LogP contribution in [0.2, 0.25) is 0 Å². The quantitative estimate of drug-likeness (QED) is 0.708. The van der Waals surface area contributed by atoms with Crippen LogP contribution >= 0.6 is 0 Å². The summed E-state index contributed by atoms with van der Waals surface area (Å²) in [5, 5.41) is 6.10. The minimum absolute atomic E-state index is 0.118. The van der Waals surface area contributed by atoms with Crippen molar-refractivity contribution < 1.29 is 4.79 Å². The summed E-state index contributed by atoms with van der Waals surface area (Å²) < 4.78 is 0. The molecule has 2 N–H and O–H groups in total. The van der Waals surface area contributed by atoms with Gasteiger partial charge in [-0.3, -0.25) is 4.79 Å². The van der Waals surface area contributed by atoms with E-state index < -0.39 is 0 Å². The van der Waals surface area contributed by atoms with E-state index in [1.165, 1.54) is 5.56 Å². The molecule has 1 amide bonds. The Kier molecular flexibility index (Phi) is 6.33. The summed E-state index contributed by atoms with van der Waals surface area (Å²) >= 11 is 0. The van der Waals surface area contributed by atoms with E-state index in [0.29, 0.717) is 18.9 Å². The Morgan fingerprint density at radius 1 is 1.29 bits per heavy atom. The Morgan fingerprint density at radius 3 is 2.65 bits per heavy atom. The lowest BCUT2D eigenvalue weighted by Gasteiger charge is -2.12. The zero-order valence-corrected chi connectivity index (χ0v) is 10.7. The Morgan fingerprint density at radius 2 is 2.00 bits per heavy atom. The maximum absolute atomic E-state index is 11.2. The van der Waals surface area contributed by atoms with Gasteiger partial charge in [-0.1, -0.05) is 37.3 Å². The van der Waals surface area contributed by atoms with Gasteiger partial charge in [0.2, 0.25) is 5.91 Å². The van der Waals surface area contributed by atoms with E-state index >= 15 is 0 Å². The van der Waals surface area contributed by atoms with Crippen LogP contribution in [-0.4, -0.2) is 25.5 Å². The van der Waals surface area contributed by atoms with Crippen molar-refractivity contribution in [1.29, 1.82) is 0 Å². The second-order valence-corrected chi connectivity index (χ2v) is 4.22. The van der Waals surface area contributed by atoms with Gasteiger partial charge in [0.15, 0.2) is 0 Å². The lowest BCUT2D eigenvalue weighted by Crippen LogP contribution is -2.28. The van der Waals surface area contributed by atoms with Crippen molar-refractivity contribution in [3.05, 3.63) is 35.9 Å². The standard InChI is InChI=1S/C14H22N2O/c1-3-16-14(17)9-10-15-11-12(2)13-7-5-4-6-8-13/h4-8,12,15H,3,9-11H2,1-2H3,(H,16,17). The summed E-state index contributed by atoms with van der Waals surface area (Å²) in [6.45, 7) is 6.48. The average Bonchev–Trinajstić information content (AvgIpc) is 2.36. The molecule has 0 fully saturated rings. The zero-order valence-electron chi connectivity index (χ0n) is 10.7. The van der Waals surface area contributed by atoms with Crippen molar-refractivity contribution in [2.45, 2.75) is 26.2 Å². The Hall–Kier alpha value is -1.35. The summed E-state index contributed by atoms with van der Waals surface area (Å²) in [4.78, 5) is 11.2. The van der Waals surface area contributed by atoms with Gasteiger partial charge < -0.3 is 10.6 Å². The zero-order chi connectivity index (χ0) is 12.5. The highest BCUT2D eigenvalue weighted by Crippen LogP contribution is 2.12. The molecule has 17 heavy (non-hydrogen) atoms. The molecule has 0 heterocycles. The SMILES string of the molecule is CCNC(=O)CCNCC(C)c1ccccc1. The summed E-state index contributed by atoms with van der Waals surface area (Å²) in [6.07, 6.45) is 0.551. The molecule has 0 saturated carbocycles. The van der Waals surface area contributed by atoms with E-state index in [1.54, 1.807) is 0 Å². The first-order chi connectivity index (χ1) is 8.24. The Labute approximate surface area is 104 Å². The highest BCUT2D eigenvalue weighted by atomic mass is 16.1. The minimum Gasteiger partial charge on any atom is -0.356 e. The lowest BCUT2D eigenvalue weighted by molar-refractivity contribution is -0.120. The highest BCUT2D eigenvalue weighted by Gasteiger charge is 2.04. The summed E-state index contributed by atoms with van der Waals surface area (Å²) in [6, 6.07) is 10.4. The van der Waals surface area contributed by atoms with E-state index in [0.717, 1.165) is 13.1 Å². The average molecular weight is 234 g/mol. The lowest BCUT2D eigenvalue weighted by atomic mass is 10.0. The van der Waals surface area contributed by atoms with Gasteiger partial charge in [-0.2, -0.15) is 0 Å². The van der Waals surface area contributed by atoms with Gasteiger partial charge in [0.25, 0.3) is 0 Å². The summed E-state index contributed by atoms with van der Waals surface area (Å²) in [5.74, 6) is 0.595. The van der Waals surface area contributed by atoms with Gasteiger partial charge in [0.1, 0.15) is 0 Å². The van der Waals surface area contributed by atoms with E-state index in [-0.39, 0.29) is 5.91 Å². The van der Waals surface area contributed by atoms with E-state index in [2.05, 4.69) is 41.8 Å². The van der Waals surface area contributed by atoms with E-state index in [1.807, 2.05) is 13.0 Å². The van der Waals surface area contributed by atoms with E-state index in [4.69, 9.17) is 0 Å². The van der Waals surface area contributed by atoms with Gasteiger partial charge in [0.05, 0.1) is 0 Å². The smallest absolute Gasteiger partial charge is 0.221 e. The van der Waals surface area contributed by atoms with Crippen LogP contribution in [0.25, 0.3) is 0 Å². The normalized spacial score (nSPS) is 12.1. The summed E-state index contributed by atoms with van der Waals surface area (Å²) in [7, 11) is 0. The first-order valence-electron chi connectivity index (χ1n) is 6.26. The maximum Gasteiger partial charge on any atom is 0.221 e. The number of nitrogens with one attached hydrogen (secondary N) is 2. The van der Waals surface area contributed by atoms with Gasteiger partial charge in [0, 0.05) is 26.1 Å². The molecule has 1 aromatic carbocycles. The fourth-order valence-corrected chi connectivity index (χ4v) is 1.71. The molecule has 0 aromatic heterocycles. The van der Waals surface area contributed by atoms with Crippen LogP contribution in [0.15, 0.2) is 30.3 Å². The number of carbonyl (C=O) groups is 1. The predicted octanol–water partition coefficient (Wildman–Crippen LogP) is 1.91. The van der Waals surface area contributed by atoms with E-state index in [9.17, 15) is 4.79 Å². The first-order valence-corrected chi connectivity index (χ1v) is 6.26. The topological polar surface area (TPSA) is 41.1 Å². The fraction of sp³-hybridized carbons (Fsp3) is 0.500. The Bertz CT molecular complexity index is 324. The number of rotatable bonds is 7. The third kappa shape index (κ3) is 5.50. The van der Waals surface area contributed by atoms with Gasteiger partial charge in [-0.25, -0.2) is 0 Å². The monoisotopic (exact) mass is 234 g/mol. The van der Waals surface area contributed by atoms with Gasteiger partial charge in [-0.05, 0) is 18.4 Å². The van der Waals surface area contributed by atoms with Crippen LogP contribution in [0, 0.1) is 0 Å². The molecule has 0 aliphatic heterocycles. The molecule has 1 aromatic rings. The fourth-order valence-electron chi connectivity index (χ4n) is 1.71. The molecular formula is C14H22N2O. The van der Waals surface area contributed by atoms with Crippen molar-refractivity contribution in [3.8, 4) is 0 Å². The van der Waals surface area contributed by atoms with Crippen LogP contribution in [-0.2, 0) is 4.79 Å². The molecule has 0 saturated heterocycles. The maximum atomic E-state index is 11.2. The van der Waals surface area contributed by atoms with Crippen LogP contribution in [0.4, 0.5) is 0 Å². The van der Waals surface area contributed by atoms with Gasteiger partial charge >= 0.3 is 0 Å². The Balaban J connectivity index is 2.17. The van der Waals surface area contributed by atoms with Crippen molar-refractivity contribution in [2.75, 3.05) is 19.6 Å². The molecule has 3 nitrogen and oxygen atoms in total. The van der Waals surface area contributed by atoms with Crippen LogP contribution < -0.4 is 10.6 Å². The molecule has 0 radical (unpaired) electrons. The third-order valence-corrected chi connectivity index (χ3v) is 2.72. The number of benzene rings is 1. The van der Waals surface area contributed by atoms with Crippen LogP contribution in [0.5, 0.6) is 0 Å². The molecular weight excluding hydrogens is 212 g/mol. The molecule has 0 aliphatic rings. The largest absolute Gasteiger partial charge is 0.356 e. The molecule has 0 spiro atoms. The minimum atomic E-state index is 0.118. The molecule has 1 atom stereocenters. The third-order valence-electron chi connectivity index (χ3n) is 2.72. The van der Waals surface area contributed by atoms with Gasteiger partial charge in [-0.15, -0.1) is 0 Å². The molecule has 94 valence electrons. The molecule has 0 bridgehead atoms. The number of hydrogen-bond acceptors (Lipinski definition) is 2. The number of carbonyl (C=O) groups excluding carboxylic acids is 1. The van der Waals surface area contributed by atoms with Crippen molar-refractivity contribution in [3.63, 3.8) is 0 Å². The number of amides is 1.